The SMILES string of the molecule is CC(C)c1ccc2c(c1)CCN(CCC#N)C2. The first-order valence-corrected chi connectivity index (χ1v) is 6.41. The lowest BCUT2D eigenvalue weighted by molar-refractivity contribution is 0.260. The van der Waals surface area contributed by atoms with Crippen LogP contribution in [0, 0.1) is 11.3 Å². The molecule has 2 heteroatoms. The minimum absolute atomic E-state index is 0.608. The number of nitrogens with zero attached hydrogens (tertiary/aromatic N) is 2. The summed E-state index contributed by atoms with van der Waals surface area (Å²) in [6.45, 7) is 7.49. The molecule has 1 aliphatic heterocycles. The third-order valence-electron chi connectivity index (χ3n) is 3.53. The first-order chi connectivity index (χ1) is 8.20. The van der Waals surface area contributed by atoms with E-state index in [-0.39, 0.29) is 0 Å². The quantitative estimate of drug-likeness (QED) is 0.795. The number of hydrogen-bond acceptors (Lipinski definition) is 2. The van der Waals surface area contributed by atoms with Gasteiger partial charge in [0.2, 0.25) is 0 Å². The summed E-state index contributed by atoms with van der Waals surface area (Å²) in [6.07, 6.45) is 1.76. The van der Waals surface area contributed by atoms with E-state index < -0.39 is 0 Å². The van der Waals surface area contributed by atoms with E-state index in [1.165, 1.54) is 16.7 Å². The van der Waals surface area contributed by atoms with Crippen LogP contribution in [0.4, 0.5) is 0 Å². The van der Waals surface area contributed by atoms with Crippen LogP contribution in [-0.2, 0) is 13.0 Å². The Bertz CT molecular complexity index is 429. The van der Waals surface area contributed by atoms with Gasteiger partial charge in [-0.2, -0.15) is 5.26 Å². The summed E-state index contributed by atoms with van der Waals surface area (Å²) in [5.41, 5.74) is 4.39. The van der Waals surface area contributed by atoms with Crippen molar-refractivity contribution in [1.29, 1.82) is 5.26 Å². The zero-order chi connectivity index (χ0) is 12.3. The van der Waals surface area contributed by atoms with E-state index in [2.05, 4.69) is 43.0 Å². The Hall–Kier alpha value is -1.33. The molecule has 2 nitrogen and oxygen atoms in total. The molecular weight excluding hydrogens is 208 g/mol. The van der Waals surface area contributed by atoms with Crippen molar-refractivity contribution < 1.29 is 0 Å². The molecule has 1 aromatic carbocycles. The van der Waals surface area contributed by atoms with Crippen molar-refractivity contribution in [2.24, 2.45) is 0 Å². The molecule has 2 rings (SSSR count). The van der Waals surface area contributed by atoms with Gasteiger partial charge in [0, 0.05) is 26.1 Å². The molecule has 0 N–H and O–H groups in total. The predicted octanol–water partition coefficient (Wildman–Crippen LogP) is 3.08. The fourth-order valence-electron chi connectivity index (χ4n) is 2.39. The standard InChI is InChI=1S/C15H20N2/c1-12(2)13-4-5-15-11-17(8-3-7-16)9-6-14(15)10-13/h4-5,10,12H,3,6,8-9,11H2,1-2H3. The molecule has 0 aliphatic carbocycles. The van der Waals surface area contributed by atoms with E-state index >= 15 is 0 Å². The van der Waals surface area contributed by atoms with E-state index in [1.54, 1.807) is 0 Å². The maximum Gasteiger partial charge on any atom is 0.0635 e. The van der Waals surface area contributed by atoms with Crippen LogP contribution in [0.25, 0.3) is 0 Å². The van der Waals surface area contributed by atoms with Crippen LogP contribution in [0.5, 0.6) is 0 Å². The normalized spacial score (nSPS) is 15.6. The molecule has 90 valence electrons. The molecule has 0 unspecified atom stereocenters. The van der Waals surface area contributed by atoms with Gasteiger partial charge >= 0.3 is 0 Å². The van der Waals surface area contributed by atoms with E-state index in [1.807, 2.05) is 0 Å². The molecule has 0 saturated carbocycles. The first kappa shape index (κ1) is 12.1. The summed E-state index contributed by atoms with van der Waals surface area (Å²) in [5.74, 6) is 0.608. The van der Waals surface area contributed by atoms with E-state index in [0.717, 1.165) is 26.1 Å². The molecule has 0 aromatic heterocycles. The molecule has 0 saturated heterocycles. The summed E-state index contributed by atoms with van der Waals surface area (Å²) in [5, 5.41) is 8.61. The third kappa shape index (κ3) is 2.87. The fourth-order valence-corrected chi connectivity index (χ4v) is 2.39. The lowest BCUT2D eigenvalue weighted by Crippen LogP contribution is -2.31. The van der Waals surface area contributed by atoms with Gasteiger partial charge in [0.15, 0.2) is 0 Å². The lowest BCUT2D eigenvalue weighted by atomic mass is 9.93. The largest absolute Gasteiger partial charge is 0.298 e. The second-order valence-electron chi connectivity index (χ2n) is 5.12. The first-order valence-electron chi connectivity index (χ1n) is 6.41. The van der Waals surface area contributed by atoms with Crippen molar-refractivity contribution in [1.82, 2.24) is 4.90 Å². The number of benzene rings is 1. The van der Waals surface area contributed by atoms with Crippen LogP contribution in [0.3, 0.4) is 0 Å². The Morgan fingerprint density at radius 3 is 2.88 bits per heavy atom. The number of nitriles is 1. The highest BCUT2D eigenvalue weighted by Gasteiger charge is 2.16. The summed E-state index contributed by atoms with van der Waals surface area (Å²) in [4.78, 5) is 2.38. The highest BCUT2D eigenvalue weighted by Crippen LogP contribution is 2.23. The molecule has 17 heavy (non-hydrogen) atoms. The summed E-state index contributed by atoms with van der Waals surface area (Å²) < 4.78 is 0. The predicted molar refractivity (Wildman–Crippen MR) is 69.7 cm³/mol. The van der Waals surface area contributed by atoms with Gasteiger partial charge in [-0.3, -0.25) is 4.90 Å². The number of hydrogen-bond donors (Lipinski definition) is 0. The van der Waals surface area contributed by atoms with Crippen molar-refractivity contribution in [3.05, 3.63) is 34.9 Å². The molecule has 0 fully saturated rings. The van der Waals surface area contributed by atoms with Crippen molar-refractivity contribution in [2.45, 2.75) is 39.2 Å². The number of fused-ring (bicyclic) bond motifs is 1. The Morgan fingerprint density at radius 2 is 2.18 bits per heavy atom. The van der Waals surface area contributed by atoms with Crippen molar-refractivity contribution in [2.75, 3.05) is 13.1 Å². The summed E-state index contributed by atoms with van der Waals surface area (Å²) in [7, 11) is 0. The van der Waals surface area contributed by atoms with Crippen LogP contribution in [-0.4, -0.2) is 18.0 Å². The van der Waals surface area contributed by atoms with Gasteiger partial charge in [-0.05, 0) is 29.0 Å². The summed E-state index contributed by atoms with van der Waals surface area (Å²) in [6, 6.07) is 9.10. The zero-order valence-electron chi connectivity index (χ0n) is 10.7. The molecule has 1 aromatic rings. The van der Waals surface area contributed by atoms with Crippen LogP contribution < -0.4 is 0 Å². The highest BCUT2D eigenvalue weighted by molar-refractivity contribution is 5.35. The van der Waals surface area contributed by atoms with Gasteiger partial charge in [0.05, 0.1) is 6.07 Å². The van der Waals surface area contributed by atoms with Crippen LogP contribution in [0.2, 0.25) is 0 Å². The van der Waals surface area contributed by atoms with E-state index in [0.29, 0.717) is 12.3 Å². The molecule has 0 bridgehead atoms. The van der Waals surface area contributed by atoms with Gasteiger partial charge in [0.1, 0.15) is 0 Å². The molecule has 0 atom stereocenters. The fraction of sp³-hybridized carbons (Fsp3) is 0.533. The Morgan fingerprint density at radius 1 is 1.35 bits per heavy atom. The van der Waals surface area contributed by atoms with Gasteiger partial charge in [-0.1, -0.05) is 32.0 Å². The molecule has 1 aliphatic rings. The summed E-state index contributed by atoms with van der Waals surface area (Å²) >= 11 is 0. The molecule has 0 radical (unpaired) electrons. The van der Waals surface area contributed by atoms with Gasteiger partial charge in [-0.15, -0.1) is 0 Å². The van der Waals surface area contributed by atoms with E-state index in [4.69, 9.17) is 5.26 Å². The third-order valence-corrected chi connectivity index (χ3v) is 3.53. The molecular formula is C15H20N2. The Labute approximate surface area is 104 Å². The van der Waals surface area contributed by atoms with Gasteiger partial charge in [0.25, 0.3) is 0 Å². The van der Waals surface area contributed by atoms with Crippen molar-refractivity contribution in [3.63, 3.8) is 0 Å². The Balaban J connectivity index is 2.09. The van der Waals surface area contributed by atoms with Crippen LogP contribution >= 0.6 is 0 Å². The van der Waals surface area contributed by atoms with Crippen molar-refractivity contribution >= 4 is 0 Å². The van der Waals surface area contributed by atoms with Crippen LogP contribution in [0.15, 0.2) is 18.2 Å². The van der Waals surface area contributed by atoms with Crippen molar-refractivity contribution in [3.8, 4) is 6.07 Å². The minimum Gasteiger partial charge on any atom is -0.298 e. The topological polar surface area (TPSA) is 27.0 Å². The second kappa shape index (κ2) is 5.33. The highest BCUT2D eigenvalue weighted by atomic mass is 15.1. The smallest absolute Gasteiger partial charge is 0.0635 e. The van der Waals surface area contributed by atoms with E-state index in [9.17, 15) is 0 Å². The number of rotatable bonds is 3. The lowest BCUT2D eigenvalue weighted by Gasteiger charge is -2.28. The molecule has 1 heterocycles. The van der Waals surface area contributed by atoms with Crippen LogP contribution in [0.1, 0.15) is 42.9 Å². The zero-order valence-corrected chi connectivity index (χ0v) is 10.7. The maximum absolute atomic E-state index is 8.61. The van der Waals surface area contributed by atoms with Gasteiger partial charge < -0.3 is 0 Å². The Kier molecular flexibility index (Phi) is 3.81. The monoisotopic (exact) mass is 228 g/mol. The molecule has 0 amide bonds. The minimum atomic E-state index is 0.608. The second-order valence-corrected chi connectivity index (χ2v) is 5.12. The molecule has 0 spiro atoms. The maximum atomic E-state index is 8.61. The average molecular weight is 228 g/mol. The van der Waals surface area contributed by atoms with Gasteiger partial charge in [-0.25, -0.2) is 0 Å². The average Bonchev–Trinajstić information content (AvgIpc) is 2.35.